The van der Waals surface area contributed by atoms with Crippen LogP contribution in [0.2, 0.25) is 0 Å². The number of aliphatic hydroxyl groups excluding tert-OH is 1. The molecule has 0 radical (unpaired) electrons. The van der Waals surface area contributed by atoms with Gasteiger partial charge < -0.3 is 24.8 Å². The molecule has 0 amide bonds. The van der Waals surface area contributed by atoms with E-state index in [-0.39, 0.29) is 6.61 Å². The molecule has 1 fully saturated rings. The van der Waals surface area contributed by atoms with Gasteiger partial charge in [-0.05, 0) is 42.0 Å². The molecule has 0 spiro atoms. The normalized spacial score (nSPS) is 15.5. The highest BCUT2D eigenvalue weighted by molar-refractivity contribution is 5.80. The Hall–Kier alpha value is -2.75. The highest BCUT2D eigenvalue weighted by atomic mass is 16.5. The SMILES string of the molecule is CC(C)NCC(O)COc1ccc(/C=N/Nc2ccc(N3CCOCC3)nn2)cc1. The van der Waals surface area contributed by atoms with Crippen molar-refractivity contribution in [3.05, 3.63) is 42.0 Å². The average molecular weight is 415 g/mol. The molecule has 1 aromatic heterocycles. The molecule has 0 aliphatic carbocycles. The minimum atomic E-state index is -0.548. The number of aliphatic hydroxyl groups is 1. The number of anilines is 2. The Bertz CT molecular complexity index is 776. The predicted octanol–water partition coefficient (Wildman–Crippen LogP) is 1.50. The molecule has 1 aliphatic rings. The number of rotatable bonds is 10. The van der Waals surface area contributed by atoms with Gasteiger partial charge in [-0.1, -0.05) is 13.8 Å². The van der Waals surface area contributed by atoms with Gasteiger partial charge in [0.05, 0.1) is 19.4 Å². The summed E-state index contributed by atoms with van der Waals surface area (Å²) in [6.45, 7) is 7.90. The third-order valence-corrected chi connectivity index (χ3v) is 4.46. The van der Waals surface area contributed by atoms with Gasteiger partial charge in [-0.3, -0.25) is 5.43 Å². The minimum Gasteiger partial charge on any atom is -0.491 e. The van der Waals surface area contributed by atoms with E-state index in [0.717, 1.165) is 24.5 Å². The van der Waals surface area contributed by atoms with Gasteiger partial charge >= 0.3 is 0 Å². The lowest BCUT2D eigenvalue weighted by Crippen LogP contribution is -2.36. The van der Waals surface area contributed by atoms with E-state index in [2.05, 4.69) is 30.9 Å². The Morgan fingerprint density at radius 1 is 1.17 bits per heavy atom. The Kier molecular flexibility index (Phi) is 8.37. The van der Waals surface area contributed by atoms with Gasteiger partial charge in [0.15, 0.2) is 11.6 Å². The summed E-state index contributed by atoms with van der Waals surface area (Å²) in [4.78, 5) is 2.15. The van der Waals surface area contributed by atoms with E-state index in [1.807, 2.05) is 50.2 Å². The number of hydrogen-bond donors (Lipinski definition) is 3. The van der Waals surface area contributed by atoms with Crippen molar-refractivity contribution in [3.8, 4) is 5.75 Å². The second-order valence-corrected chi connectivity index (χ2v) is 7.34. The molecule has 30 heavy (non-hydrogen) atoms. The van der Waals surface area contributed by atoms with Gasteiger partial charge in [-0.25, -0.2) is 0 Å². The molecule has 1 aromatic carbocycles. The fourth-order valence-corrected chi connectivity index (χ4v) is 2.79. The summed E-state index contributed by atoms with van der Waals surface area (Å²) in [5, 5.41) is 25.7. The standard InChI is InChI=1S/C21H30N6O3/c1-16(2)22-14-18(28)15-30-19-5-3-17(4-6-19)13-23-24-20-7-8-21(26-25-20)27-9-11-29-12-10-27/h3-8,13,16,18,22,28H,9-12,14-15H2,1-2H3,(H,24,25)/b23-13+. The van der Waals surface area contributed by atoms with Gasteiger partial charge in [0.1, 0.15) is 18.5 Å². The average Bonchev–Trinajstić information content (AvgIpc) is 2.78. The summed E-state index contributed by atoms with van der Waals surface area (Å²) < 4.78 is 11.0. The third-order valence-electron chi connectivity index (χ3n) is 4.46. The molecule has 0 bridgehead atoms. The van der Waals surface area contributed by atoms with E-state index >= 15 is 0 Å². The molecule has 162 valence electrons. The van der Waals surface area contributed by atoms with Crippen LogP contribution >= 0.6 is 0 Å². The first-order valence-corrected chi connectivity index (χ1v) is 10.2. The number of aromatic nitrogens is 2. The van der Waals surface area contributed by atoms with Crippen molar-refractivity contribution in [2.75, 3.05) is 49.8 Å². The molecule has 3 N–H and O–H groups in total. The molecule has 1 aliphatic heterocycles. The van der Waals surface area contributed by atoms with Crippen LogP contribution < -0.4 is 20.4 Å². The van der Waals surface area contributed by atoms with Crippen molar-refractivity contribution >= 4 is 17.9 Å². The zero-order chi connectivity index (χ0) is 21.2. The van der Waals surface area contributed by atoms with Crippen LogP contribution in [0.25, 0.3) is 0 Å². The van der Waals surface area contributed by atoms with Crippen LogP contribution in [0.1, 0.15) is 19.4 Å². The van der Waals surface area contributed by atoms with Crippen LogP contribution in [0.3, 0.4) is 0 Å². The number of hydrogen-bond acceptors (Lipinski definition) is 9. The summed E-state index contributed by atoms with van der Waals surface area (Å²) in [6, 6.07) is 11.6. The second kappa shape index (κ2) is 11.4. The number of hydrazone groups is 1. The van der Waals surface area contributed by atoms with Crippen LogP contribution in [0.4, 0.5) is 11.6 Å². The maximum atomic E-state index is 9.89. The fraction of sp³-hybridized carbons (Fsp3) is 0.476. The van der Waals surface area contributed by atoms with Crippen molar-refractivity contribution in [1.82, 2.24) is 15.5 Å². The number of nitrogens with zero attached hydrogens (tertiary/aromatic N) is 4. The van der Waals surface area contributed by atoms with Crippen molar-refractivity contribution in [2.24, 2.45) is 5.10 Å². The van der Waals surface area contributed by atoms with Gasteiger partial charge in [0.2, 0.25) is 0 Å². The van der Waals surface area contributed by atoms with Crippen molar-refractivity contribution < 1.29 is 14.6 Å². The smallest absolute Gasteiger partial charge is 0.168 e. The molecule has 3 rings (SSSR count). The maximum absolute atomic E-state index is 9.89. The van der Waals surface area contributed by atoms with Crippen LogP contribution in [0, 0.1) is 0 Å². The Morgan fingerprint density at radius 3 is 2.60 bits per heavy atom. The van der Waals surface area contributed by atoms with Crippen LogP contribution in [0.5, 0.6) is 5.75 Å². The molecule has 1 unspecified atom stereocenters. The molecule has 2 heterocycles. The predicted molar refractivity (Wildman–Crippen MR) is 117 cm³/mol. The highest BCUT2D eigenvalue weighted by Gasteiger charge is 2.12. The fourth-order valence-electron chi connectivity index (χ4n) is 2.79. The highest BCUT2D eigenvalue weighted by Crippen LogP contribution is 2.14. The van der Waals surface area contributed by atoms with Crippen molar-refractivity contribution in [1.29, 1.82) is 0 Å². The lowest BCUT2D eigenvalue weighted by molar-refractivity contribution is 0.104. The number of nitrogens with one attached hydrogen (secondary N) is 2. The molecule has 2 aromatic rings. The first-order chi connectivity index (χ1) is 14.6. The quantitative estimate of drug-likeness (QED) is 0.397. The van der Waals surface area contributed by atoms with E-state index in [1.165, 1.54) is 0 Å². The van der Waals surface area contributed by atoms with Gasteiger partial charge in [0.25, 0.3) is 0 Å². The number of benzene rings is 1. The van der Waals surface area contributed by atoms with Gasteiger partial charge in [-0.2, -0.15) is 5.10 Å². The molecule has 9 nitrogen and oxygen atoms in total. The molecular formula is C21H30N6O3. The maximum Gasteiger partial charge on any atom is 0.168 e. The zero-order valence-electron chi connectivity index (χ0n) is 17.5. The first-order valence-electron chi connectivity index (χ1n) is 10.2. The van der Waals surface area contributed by atoms with E-state index < -0.39 is 6.10 Å². The summed E-state index contributed by atoms with van der Waals surface area (Å²) in [5.41, 5.74) is 3.79. The van der Waals surface area contributed by atoms with Crippen LogP contribution in [-0.4, -0.2) is 73.1 Å². The molecule has 1 saturated heterocycles. The lowest BCUT2D eigenvalue weighted by Gasteiger charge is -2.27. The Labute approximate surface area is 177 Å². The van der Waals surface area contributed by atoms with E-state index in [0.29, 0.717) is 37.4 Å². The first kappa shape index (κ1) is 21.9. The van der Waals surface area contributed by atoms with Crippen molar-refractivity contribution in [3.63, 3.8) is 0 Å². The van der Waals surface area contributed by atoms with Gasteiger partial charge in [-0.15, -0.1) is 10.2 Å². The lowest BCUT2D eigenvalue weighted by atomic mass is 10.2. The molecule has 0 saturated carbocycles. The Balaban J connectivity index is 1.42. The second-order valence-electron chi connectivity index (χ2n) is 7.34. The third kappa shape index (κ3) is 7.25. The Morgan fingerprint density at radius 2 is 1.93 bits per heavy atom. The van der Waals surface area contributed by atoms with Crippen LogP contribution in [0.15, 0.2) is 41.5 Å². The summed E-state index contributed by atoms with van der Waals surface area (Å²) in [6.07, 6.45) is 1.15. The molecule has 1 atom stereocenters. The number of ether oxygens (including phenoxy) is 2. The van der Waals surface area contributed by atoms with E-state index in [1.54, 1.807) is 6.21 Å². The summed E-state index contributed by atoms with van der Waals surface area (Å²) in [7, 11) is 0. The van der Waals surface area contributed by atoms with Gasteiger partial charge in [0, 0.05) is 25.7 Å². The van der Waals surface area contributed by atoms with E-state index in [9.17, 15) is 5.11 Å². The molecular weight excluding hydrogens is 384 g/mol. The summed E-state index contributed by atoms with van der Waals surface area (Å²) in [5.74, 6) is 2.12. The summed E-state index contributed by atoms with van der Waals surface area (Å²) >= 11 is 0. The van der Waals surface area contributed by atoms with E-state index in [4.69, 9.17) is 9.47 Å². The van der Waals surface area contributed by atoms with Crippen molar-refractivity contribution in [2.45, 2.75) is 26.0 Å². The monoisotopic (exact) mass is 414 g/mol. The zero-order valence-corrected chi connectivity index (χ0v) is 17.5. The number of morpholine rings is 1. The topological polar surface area (TPSA) is 104 Å². The molecule has 9 heteroatoms. The largest absolute Gasteiger partial charge is 0.491 e. The minimum absolute atomic E-state index is 0.244. The van der Waals surface area contributed by atoms with Crippen LogP contribution in [-0.2, 0) is 4.74 Å².